The van der Waals surface area contributed by atoms with E-state index in [-0.39, 0.29) is 11.7 Å². The number of anilines is 1. The number of carbonyl (C=O) groups is 2. The zero-order valence-electron chi connectivity index (χ0n) is 18.3. The third-order valence-electron chi connectivity index (χ3n) is 5.43. The molecule has 2 unspecified atom stereocenters. The second kappa shape index (κ2) is 9.87. The molecule has 0 spiro atoms. The summed E-state index contributed by atoms with van der Waals surface area (Å²) in [5.74, 6) is 1.37. The zero-order chi connectivity index (χ0) is 22.7. The van der Waals surface area contributed by atoms with Gasteiger partial charge in [0.25, 0.3) is 0 Å². The van der Waals surface area contributed by atoms with Gasteiger partial charge in [0.15, 0.2) is 5.16 Å². The molecule has 1 amide bonds. The molecule has 0 radical (unpaired) electrons. The van der Waals surface area contributed by atoms with Gasteiger partial charge in [-0.1, -0.05) is 49.0 Å². The average molecular weight is 471 g/mol. The molecule has 32 heavy (non-hydrogen) atoms. The lowest BCUT2D eigenvalue weighted by atomic mass is 10.1. The number of ether oxygens (including phenoxy) is 1. The molecule has 9 heteroatoms. The lowest BCUT2D eigenvalue weighted by molar-refractivity contribution is -0.113. The number of nitrogens with one attached hydrogen (secondary N) is 1. The van der Waals surface area contributed by atoms with Gasteiger partial charge in [0.2, 0.25) is 5.91 Å². The molecular weight excluding hydrogens is 444 g/mol. The quantitative estimate of drug-likeness (QED) is 0.363. The highest BCUT2D eigenvalue weighted by atomic mass is 32.2. The van der Waals surface area contributed by atoms with E-state index in [1.807, 2.05) is 24.6 Å². The van der Waals surface area contributed by atoms with E-state index in [1.54, 1.807) is 13.0 Å². The molecule has 1 fully saturated rings. The molecule has 4 rings (SSSR count). The SMILES string of the molecule is CCOC(=O)c1cc(CC)sc1NC(=O)CSc1nnc(C2CC2c2ccccc2)n1C. The van der Waals surface area contributed by atoms with Gasteiger partial charge < -0.3 is 14.6 Å². The number of amides is 1. The Balaban J connectivity index is 1.37. The smallest absolute Gasteiger partial charge is 0.341 e. The number of aromatic nitrogens is 3. The van der Waals surface area contributed by atoms with Crippen LogP contribution in [0.3, 0.4) is 0 Å². The van der Waals surface area contributed by atoms with Crippen LogP contribution in [0.15, 0.2) is 41.6 Å². The highest BCUT2D eigenvalue weighted by Gasteiger charge is 2.42. The highest BCUT2D eigenvalue weighted by Crippen LogP contribution is 2.54. The van der Waals surface area contributed by atoms with Gasteiger partial charge in [-0.05, 0) is 37.3 Å². The van der Waals surface area contributed by atoms with Crippen molar-refractivity contribution in [1.29, 1.82) is 0 Å². The van der Waals surface area contributed by atoms with Gasteiger partial charge in [-0.3, -0.25) is 4.79 Å². The lowest BCUT2D eigenvalue weighted by Gasteiger charge is -2.06. The fourth-order valence-corrected chi connectivity index (χ4v) is 5.40. The van der Waals surface area contributed by atoms with Crippen molar-refractivity contribution in [3.63, 3.8) is 0 Å². The Morgan fingerprint density at radius 2 is 2.00 bits per heavy atom. The van der Waals surface area contributed by atoms with Gasteiger partial charge in [-0.15, -0.1) is 21.5 Å². The van der Waals surface area contributed by atoms with Gasteiger partial charge in [-0.2, -0.15) is 0 Å². The summed E-state index contributed by atoms with van der Waals surface area (Å²) >= 11 is 2.75. The van der Waals surface area contributed by atoms with Crippen LogP contribution in [0.4, 0.5) is 5.00 Å². The summed E-state index contributed by atoms with van der Waals surface area (Å²) in [6.45, 7) is 4.06. The lowest BCUT2D eigenvalue weighted by Crippen LogP contribution is -2.16. The van der Waals surface area contributed by atoms with Crippen molar-refractivity contribution >= 4 is 40.0 Å². The number of carbonyl (C=O) groups excluding carboxylic acids is 2. The minimum atomic E-state index is -0.415. The fraction of sp³-hybridized carbons (Fsp3) is 0.391. The van der Waals surface area contributed by atoms with Gasteiger partial charge in [0.1, 0.15) is 10.8 Å². The summed E-state index contributed by atoms with van der Waals surface area (Å²) in [6.07, 6.45) is 1.85. The van der Waals surface area contributed by atoms with Gasteiger partial charge in [0, 0.05) is 17.8 Å². The largest absolute Gasteiger partial charge is 0.462 e. The van der Waals surface area contributed by atoms with Crippen LogP contribution in [0.25, 0.3) is 0 Å². The molecule has 2 heterocycles. The Kier molecular flexibility index (Phi) is 6.95. The van der Waals surface area contributed by atoms with E-state index in [1.165, 1.54) is 28.7 Å². The van der Waals surface area contributed by atoms with E-state index >= 15 is 0 Å². The normalized spacial score (nSPS) is 17.2. The minimum Gasteiger partial charge on any atom is -0.462 e. The molecular formula is C23H26N4O3S2. The second-order valence-corrected chi connectivity index (χ2v) is 9.70. The molecule has 1 aromatic carbocycles. The summed E-state index contributed by atoms with van der Waals surface area (Å²) in [5, 5.41) is 12.8. The van der Waals surface area contributed by atoms with Gasteiger partial charge in [0.05, 0.1) is 17.9 Å². The summed E-state index contributed by atoms with van der Waals surface area (Å²) in [4.78, 5) is 25.8. The average Bonchev–Trinajstić information content (AvgIpc) is 3.35. The topological polar surface area (TPSA) is 86.1 Å². The number of nitrogens with zero attached hydrogens (tertiary/aromatic N) is 3. The first-order chi connectivity index (χ1) is 15.5. The van der Waals surface area contributed by atoms with Crippen LogP contribution in [0.5, 0.6) is 0 Å². The molecule has 2 atom stereocenters. The van der Waals surface area contributed by atoms with Crippen LogP contribution < -0.4 is 5.32 Å². The standard InChI is InChI=1S/C23H26N4O3S2/c1-4-15-11-18(22(29)30-5-2)21(32-15)24-19(28)13-31-23-26-25-20(27(23)3)17-12-16(17)14-9-7-6-8-10-14/h6-11,16-17H,4-5,12-13H2,1-3H3,(H,24,28). The van der Waals surface area contributed by atoms with E-state index < -0.39 is 5.97 Å². The predicted molar refractivity (Wildman–Crippen MR) is 127 cm³/mol. The fourth-order valence-electron chi connectivity index (χ4n) is 3.69. The Morgan fingerprint density at radius 3 is 2.72 bits per heavy atom. The second-order valence-electron chi connectivity index (χ2n) is 7.63. The Bertz CT molecular complexity index is 1110. The molecule has 1 aliphatic rings. The Morgan fingerprint density at radius 1 is 1.22 bits per heavy atom. The number of esters is 1. The first-order valence-electron chi connectivity index (χ1n) is 10.7. The molecule has 1 N–H and O–H groups in total. The third kappa shape index (κ3) is 4.88. The van der Waals surface area contributed by atoms with E-state index in [2.05, 4.69) is 39.8 Å². The van der Waals surface area contributed by atoms with E-state index in [0.29, 0.717) is 34.2 Å². The molecule has 0 aliphatic heterocycles. The number of thiophene rings is 1. The summed E-state index contributed by atoms with van der Waals surface area (Å²) < 4.78 is 7.10. The maximum atomic E-state index is 12.6. The monoisotopic (exact) mass is 470 g/mol. The van der Waals surface area contributed by atoms with Crippen molar-refractivity contribution in [2.24, 2.45) is 7.05 Å². The maximum absolute atomic E-state index is 12.6. The van der Waals surface area contributed by atoms with Crippen LogP contribution >= 0.6 is 23.1 Å². The molecule has 1 saturated carbocycles. The van der Waals surface area contributed by atoms with Crippen LogP contribution in [0.1, 0.15) is 58.7 Å². The summed E-state index contributed by atoms with van der Waals surface area (Å²) in [5.41, 5.74) is 1.74. The number of rotatable bonds is 9. The van der Waals surface area contributed by atoms with Crippen LogP contribution in [-0.2, 0) is 23.0 Å². The highest BCUT2D eigenvalue weighted by molar-refractivity contribution is 7.99. The number of benzene rings is 1. The molecule has 1 aliphatic carbocycles. The molecule has 2 aromatic heterocycles. The number of hydrogen-bond donors (Lipinski definition) is 1. The zero-order valence-corrected chi connectivity index (χ0v) is 20.0. The van der Waals surface area contributed by atoms with Gasteiger partial charge in [-0.25, -0.2) is 4.79 Å². The summed E-state index contributed by atoms with van der Waals surface area (Å²) in [6, 6.07) is 12.2. The van der Waals surface area contributed by atoms with Crippen LogP contribution in [-0.4, -0.2) is 39.0 Å². The molecule has 0 bridgehead atoms. The van der Waals surface area contributed by atoms with Crippen molar-refractivity contribution in [3.8, 4) is 0 Å². The van der Waals surface area contributed by atoms with E-state index in [0.717, 1.165) is 23.5 Å². The first kappa shape index (κ1) is 22.5. The van der Waals surface area contributed by atoms with Crippen molar-refractivity contribution in [1.82, 2.24) is 14.8 Å². The van der Waals surface area contributed by atoms with Gasteiger partial charge >= 0.3 is 5.97 Å². The van der Waals surface area contributed by atoms with Crippen molar-refractivity contribution in [3.05, 3.63) is 58.2 Å². The molecule has 0 saturated heterocycles. The Labute approximate surface area is 195 Å². The third-order valence-corrected chi connectivity index (χ3v) is 7.65. The van der Waals surface area contributed by atoms with E-state index in [9.17, 15) is 9.59 Å². The predicted octanol–water partition coefficient (Wildman–Crippen LogP) is 4.62. The maximum Gasteiger partial charge on any atom is 0.341 e. The number of hydrogen-bond acceptors (Lipinski definition) is 7. The molecule has 168 valence electrons. The van der Waals surface area contributed by atoms with Crippen LogP contribution in [0.2, 0.25) is 0 Å². The number of thioether (sulfide) groups is 1. The first-order valence-corrected chi connectivity index (χ1v) is 12.5. The Hall–Kier alpha value is -2.65. The van der Waals surface area contributed by atoms with Crippen molar-refractivity contribution in [2.75, 3.05) is 17.7 Å². The summed E-state index contributed by atoms with van der Waals surface area (Å²) in [7, 11) is 1.95. The van der Waals surface area contributed by atoms with Crippen molar-refractivity contribution < 1.29 is 14.3 Å². The minimum absolute atomic E-state index is 0.181. The van der Waals surface area contributed by atoms with Crippen LogP contribution in [0, 0.1) is 0 Å². The molecule has 3 aromatic rings. The van der Waals surface area contributed by atoms with E-state index in [4.69, 9.17) is 4.74 Å². The number of aryl methyl sites for hydroxylation is 1. The molecule has 7 nitrogen and oxygen atoms in total. The van der Waals surface area contributed by atoms with Crippen molar-refractivity contribution in [2.45, 2.75) is 43.7 Å².